The molecule has 3 heteroatoms. The average Bonchev–Trinajstić information content (AvgIpc) is 2.67. The van der Waals surface area contributed by atoms with Crippen LogP contribution in [0.2, 0.25) is 0 Å². The van der Waals surface area contributed by atoms with Crippen molar-refractivity contribution in [3.63, 3.8) is 0 Å². The first-order valence-electron chi connectivity index (χ1n) is 7.78. The molecule has 0 unspecified atom stereocenters. The molecular weight excluding hydrogens is 310 g/mol. The number of nitriles is 1. The lowest BCUT2D eigenvalue weighted by Gasteiger charge is -2.03. The number of carbonyl (C=O) groups is 1. The highest BCUT2D eigenvalue weighted by molar-refractivity contribution is 5.92. The first kappa shape index (κ1) is 16.2. The molecule has 0 bridgehead atoms. The lowest BCUT2D eigenvalue weighted by Crippen LogP contribution is -1.95. The molecule has 0 radical (unpaired) electrons. The van der Waals surface area contributed by atoms with Gasteiger partial charge in [0.1, 0.15) is 0 Å². The van der Waals surface area contributed by atoms with Crippen LogP contribution in [0, 0.1) is 11.3 Å². The third-order valence-corrected chi connectivity index (χ3v) is 3.89. The molecule has 3 aromatic rings. The Morgan fingerprint density at radius 3 is 1.92 bits per heavy atom. The fraction of sp³-hybridized carbons (Fsp3) is 0. The van der Waals surface area contributed by atoms with E-state index in [4.69, 9.17) is 5.11 Å². The molecule has 3 rings (SSSR count). The molecule has 120 valence electrons. The van der Waals surface area contributed by atoms with Gasteiger partial charge in [-0.1, -0.05) is 66.7 Å². The van der Waals surface area contributed by atoms with Gasteiger partial charge in [0.25, 0.3) is 0 Å². The Balaban J connectivity index is 1.87. The van der Waals surface area contributed by atoms with Crippen molar-refractivity contribution in [1.29, 1.82) is 5.26 Å². The Morgan fingerprint density at radius 2 is 1.36 bits per heavy atom. The molecule has 0 fully saturated rings. The van der Waals surface area contributed by atoms with Crippen molar-refractivity contribution in [2.45, 2.75) is 0 Å². The summed E-state index contributed by atoms with van der Waals surface area (Å²) in [7, 11) is 0. The van der Waals surface area contributed by atoms with Gasteiger partial charge in [0, 0.05) is 0 Å². The minimum atomic E-state index is -0.981. The predicted molar refractivity (Wildman–Crippen MR) is 98.8 cm³/mol. The minimum Gasteiger partial charge on any atom is -0.478 e. The molecule has 3 aromatic carbocycles. The fourth-order valence-electron chi connectivity index (χ4n) is 2.54. The summed E-state index contributed by atoms with van der Waals surface area (Å²) < 4.78 is 0. The zero-order valence-electron chi connectivity index (χ0n) is 13.4. The summed E-state index contributed by atoms with van der Waals surface area (Å²) in [6.07, 6.45) is 1.80. The minimum absolute atomic E-state index is 0.202. The van der Waals surface area contributed by atoms with Crippen LogP contribution in [0.3, 0.4) is 0 Å². The Labute approximate surface area is 146 Å². The summed E-state index contributed by atoms with van der Waals surface area (Å²) in [6.45, 7) is 0. The second kappa shape index (κ2) is 7.29. The van der Waals surface area contributed by atoms with Crippen molar-refractivity contribution in [2.75, 3.05) is 0 Å². The van der Waals surface area contributed by atoms with Crippen LogP contribution in [0.25, 0.3) is 22.8 Å². The highest BCUT2D eigenvalue weighted by atomic mass is 16.4. The lowest BCUT2D eigenvalue weighted by atomic mass is 10.0. The number of nitrogens with zero attached hydrogens (tertiary/aromatic N) is 1. The molecular formula is C22H15NO2. The lowest BCUT2D eigenvalue weighted by molar-refractivity contribution is 0.0697. The van der Waals surface area contributed by atoms with E-state index in [0.717, 1.165) is 16.7 Å². The molecule has 1 N–H and O–H groups in total. The monoisotopic (exact) mass is 325 g/mol. The topological polar surface area (TPSA) is 61.1 Å². The number of rotatable bonds is 4. The van der Waals surface area contributed by atoms with Crippen LogP contribution < -0.4 is 0 Å². The Morgan fingerprint density at radius 1 is 0.800 bits per heavy atom. The van der Waals surface area contributed by atoms with Gasteiger partial charge in [0.15, 0.2) is 0 Å². The molecule has 3 nitrogen and oxygen atoms in total. The van der Waals surface area contributed by atoms with E-state index in [-0.39, 0.29) is 5.56 Å². The molecule has 0 aliphatic heterocycles. The number of aromatic carboxylic acids is 1. The fourth-order valence-corrected chi connectivity index (χ4v) is 2.54. The van der Waals surface area contributed by atoms with Crippen LogP contribution in [-0.2, 0) is 0 Å². The standard InChI is InChI=1S/C22H15NO2/c23-15-21(19-10-12-20(13-11-19)22(24)25)14-16-6-8-18(9-7-16)17-4-2-1-3-5-17/h1-14H,(H,24,25). The second-order valence-electron chi connectivity index (χ2n) is 5.54. The summed E-state index contributed by atoms with van der Waals surface area (Å²) in [5, 5.41) is 18.4. The molecule has 0 atom stereocenters. The van der Waals surface area contributed by atoms with Crippen molar-refractivity contribution in [2.24, 2.45) is 0 Å². The van der Waals surface area contributed by atoms with Gasteiger partial charge in [-0.2, -0.15) is 5.26 Å². The summed E-state index contributed by atoms with van der Waals surface area (Å²) >= 11 is 0. The van der Waals surface area contributed by atoms with E-state index in [9.17, 15) is 10.1 Å². The normalized spacial score (nSPS) is 10.9. The Hall–Kier alpha value is -3.64. The summed E-state index contributed by atoms with van der Waals surface area (Å²) in [5.74, 6) is -0.981. The molecule has 0 heterocycles. The van der Waals surface area contributed by atoms with Gasteiger partial charge in [0.2, 0.25) is 0 Å². The molecule has 0 amide bonds. The number of carboxylic acid groups (broad SMARTS) is 1. The van der Waals surface area contributed by atoms with Crippen LogP contribution in [0.5, 0.6) is 0 Å². The SMILES string of the molecule is N#CC(=Cc1ccc(-c2ccccc2)cc1)c1ccc(C(=O)O)cc1. The zero-order valence-corrected chi connectivity index (χ0v) is 13.4. The maximum Gasteiger partial charge on any atom is 0.335 e. The predicted octanol–water partition coefficient (Wildman–Crippen LogP) is 5.12. The third kappa shape index (κ3) is 3.82. The number of carboxylic acids is 1. The Bertz CT molecular complexity index is 948. The molecule has 25 heavy (non-hydrogen) atoms. The number of hydrogen-bond donors (Lipinski definition) is 1. The highest BCUT2D eigenvalue weighted by Gasteiger charge is 2.05. The van der Waals surface area contributed by atoms with Crippen LogP contribution in [-0.4, -0.2) is 11.1 Å². The molecule has 0 spiro atoms. The first-order valence-corrected chi connectivity index (χ1v) is 7.78. The first-order chi connectivity index (χ1) is 12.2. The van der Waals surface area contributed by atoms with Crippen LogP contribution >= 0.6 is 0 Å². The smallest absolute Gasteiger partial charge is 0.335 e. The van der Waals surface area contributed by atoms with Crippen molar-refractivity contribution in [3.8, 4) is 17.2 Å². The van der Waals surface area contributed by atoms with E-state index in [1.54, 1.807) is 18.2 Å². The maximum absolute atomic E-state index is 10.9. The Kier molecular flexibility index (Phi) is 4.73. The van der Waals surface area contributed by atoms with Gasteiger partial charge in [0.05, 0.1) is 17.2 Å². The quantitative estimate of drug-likeness (QED) is 0.535. The van der Waals surface area contributed by atoms with E-state index in [0.29, 0.717) is 11.1 Å². The van der Waals surface area contributed by atoms with E-state index in [1.807, 2.05) is 42.5 Å². The van der Waals surface area contributed by atoms with Gasteiger partial charge in [-0.25, -0.2) is 4.79 Å². The number of allylic oxidation sites excluding steroid dienone is 1. The summed E-state index contributed by atoms with van der Waals surface area (Å²) in [5.41, 5.74) is 4.56. The van der Waals surface area contributed by atoms with Crippen LogP contribution in [0.15, 0.2) is 78.9 Å². The van der Waals surface area contributed by atoms with E-state index in [2.05, 4.69) is 18.2 Å². The zero-order chi connectivity index (χ0) is 17.6. The molecule has 0 aromatic heterocycles. The largest absolute Gasteiger partial charge is 0.478 e. The van der Waals surface area contributed by atoms with E-state index >= 15 is 0 Å². The molecule has 0 aliphatic rings. The van der Waals surface area contributed by atoms with E-state index in [1.165, 1.54) is 12.1 Å². The van der Waals surface area contributed by atoms with Gasteiger partial charge in [-0.05, 0) is 40.5 Å². The molecule has 0 saturated carbocycles. The number of benzene rings is 3. The van der Waals surface area contributed by atoms with Gasteiger partial charge >= 0.3 is 5.97 Å². The van der Waals surface area contributed by atoms with Gasteiger partial charge in [-0.3, -0.25) is 0 Å². The molecule has 0 aliphatic carbocycles. The summed E-state index contributed by atoms with van der Waals surface area (Å²) in [6, 6.07) is 26.5. The van der Waals surface area contributed by atoms with Crippen molar-refractivity contribution < 1.29 is 9.90 Å². The molecule has 0 saturated heterocycles. The van der Waals surface area contributed by atoms with E-state index < -0.39 is 5.97 Å². The summed E-state index contributed by atoms with van der Waals surface area (Å²) in [4.78, 5) is 10.9. The van der Waals surface area contributed by atoms with Crippen molar-refractivity contribution >= 4 is 17.6 Å². The van der Waals surface area contributed by atoms with Crippen molar-refractivity contribution in [1.82, 2.24) is 0 Å². The van der Waals surface area contributed by atoms with Crippen LogP contribution in [0.4, 0.5) is 0 Å². The van der Waals surface area contributed by atoms with Gasteiger partial charge in [-0.15, -0.1) is 0 Å². The van der Waals surface area contributed by atoms with Crippen LogP contribution in [0.1, 0.15) is 21.5 Å². The number of hydrogen-bond acceptors (Lipinski definition) is 2. The second-order valence-corrected chi connectivity index (χ2v) is 5.54. The van der Waals surface area contributed by atoms with Gasteiger partial charge < -0.3 is 5.11 Å². The average molecular weight is 325 g/mol. The highest BCUT2D eigenvalue weighted by Crippen LogP contribution is 2.22. The van der Waals surface area contributed by atoms with Crippen molar-refractivity contribution in [3.05, 3.63) is 95.6 Å². The maximum atomic E-state index is 10.9. The third-order valence-electron chi connectivity index (χ3n) is 3.89.